The van der Waals surface area contributed by atoms with Gasteiger partial charge < -0.3 is 10.1 Å². The Morgan fingerprint density at radius 3 is 2.37 bits per heavy atom. The summed E-state index contributed by atoms with van der Waals surface area (Å²) < 4.78 is 42.9. The minimum absolute atomic E-state index is 0.00900. The second-order valence-corrected chi connectivity index (χ2v) is 7.61. The number of benzene rings is 1. The fraction of sp³-hybridized carbons (Fsp3) is 0.650. The highest BCUT2D eigenvalue weighted by atomic mass is 19.4. The summed E-state index contributed by atoms with van der Waals surface area (Å²) in [4.78, 5) is 14.5. The number of ether oxygens (including phenoxy) is 1. The minimum Gasteiger partial charge on any atom is -0.381 e. The Labute approximate surface area is 158 Å². The molecule has 150 valence electrons. The van der Waals surface area contributed by atoms with Crippen LogP contribution in [0.3, 0.4) is 0 Å². The van der Waals surface area contributed by atoms with E-state index in [4.69, 9.17) is 4.74 Å². The lowest BCUT2D eigenvalue weighted by atomic mass is 9.73. The first-order chi connectivity index (χ1) is 12.9. The van der Waals surface area contributed by atoms with Crippen molar-refractivity contribution in [3.8, 4) is 0 Å². The Bertz CT molecular complexity index is 607. The number of hydrogen-bond acceptors (Lipinski definition) is 3. The van der Waals surface area contributed by atoms with E-state index in [1.54, 1.807) is 0 Å². The van der Waals surface area contributed by atoms with Crippen molar-refractivity contribution in [1.82, 2.24) is 10.2 Å². The number of piperidine rings is 1. The third-order valence-corrected chi connectivity index (χ3v) is 5.77. The van der Waals surface area contributed by atoms with Crippen molar-refractivity contribution in [3.63, 3.8) is 0 Å². The first-order valence-electron chi connectivity index (χ1n) is 9.60. The second-order valence-electron chi connectivity index (χ2n) is 7.61. The number of amides is 1. The van der Waals surface area contributed by atoms with E-state index >= 15 is 0 Å². The number of carbonyl (C=O) groups is 1. The number of halogens is 3. The summed E-state index contributed by atoms with van der Waals surface area (Å²) in [6.45, 7) is 1.64. The molecule has 1 N–H and O–H groups in total. The van der Waals surface area contributed by atoms with E-state index in [1.165, 1.54) is 4.90 Å². The van der Waals surface area contributed by atoms with E-state index in [1.807, 2.05) is 30.3 Å². The molecule has 3 rings (SSSR count). The highest BCUT2D eigenvalue weighted by Crippen LogP contribution is 2.35. The summed E-state index contributed by atoms with van der Waals surface area (Å²) in [7, 11) is 0. The van der Waals surface area contributed by atoms with Crippen molar-refractivity contribution >= 4 is 5.91 Å². The molecule has 0 bridgehead atoms. The summed E-state index contributed by atoms with van der Waals surface area (Å²) in [6.07, 6.45) is -1.50. The van der Waals surface area contributed by atoms with Gasteiger partial charge in [-0.05, 0) is 50.3 Å². The van der Waals surface area contributed by atoms with E-state index in [0.29, 0.717) is 58.5 Å². The van der Waals surface area contributed by atoms with Crippen molar-refractivity contribution in [2.75, 3.05) is 39.4 Å². The zero-order valence-electron chi connectivity index (χ0n) is 15.4. The molecule has 0 atom stereocenters. The molecule has 4 nitrogen and oxygen atoms in total. The lowest BCUT2D eigenvalue weighted by molar-refractivity contribution is -0.148. The van der Waals surface area contributed by atoms with Gasteiger partial charge >= 0.3 is 6.18 Å². The number of alkyl halides is 3. The van der Waals surface area contributed by atoms with Gasteiger partial charge in [-0.15, -0.1) is 0 Å². The molecule has 0 aliphatic carbocycles. The maximum atomic E-state index is 13.1. The van der Waals surface area contributed by atoms with Crippen LogP contribution in [0.5, 0.6) is 0 Å². The third-order valence-electron chi connectivity index (χ3n) is 5.77. The van der Waals surface area contributed by atoms with Crippen LogP contribution >= 0.6 is 0 Å². The number of hydrogen-bond donors (Lipinski definition) is 1. The summed E-state index contributed by atoms with van der Waals surface area (Å²) in [6, 6.07) is 9.79. The van der Waals surface area contributed by atoms with Crippen molar-refractivity contribution in [2.24, 2.45) is 5.92 Å². The second kappa shape index (κ2) is 8.61. The molecule has 7 heteroatoms. The normalized spacial score (nSPS) is 21.7. The molecule has 2 heterocycles. The zero-order valence-corrected chi connectivity index (χ0v) is 15.4. The lowest BCUT2D eigenvalue weighted by Crippen LogP contribution is -2.50. The van der Waals surface area contributed by atoms with Crippen LogP contribution in [0.1, 0.15) is 31.2 Å². The van der Waals surface area contributed by atoms with E-state index in [2.05, 4.69) is 5.32 Å². The predicted octanol–water partition coefficient (Wildman–Crippen LogP) is 3.13. The summed E-state index contributed by atoms with van der Waals surface area (Å²) >= 11 is 0. The van der Waals surface area contributed by atoms with Gasteiger partial charge in [0.2, 0.25) is 5.91 Å². The molecule has 0 saturated carbocycles. The molecular formula is C20H27F3N2O2. The van der Waals surface area contributed by atoms with Crippen molar-refractivity contribution in [2.45, 2.75) is 37.3 Å². The molecule has 0 aromatic heterocycles. The first kappa shape index (κ1) is 20.1. The maximum Gasteiger partial charge on any atom is 0.401 e. The van der Waals surface area contributed by atoms with Crippen molar-refractivity contribution in [1.29, 1.82) is 0 Å². The molecule has 0 radical (unpaired) electrons. The Kier molecular flexibility index (Phi) is 6.42. The highest BCUT2D eigenvalue weighted by molar-refractivity contribution is 5.88. The van der Waals surface area contributed by atoms with E-state index in [9.17, 15) is 18.0 Å². The largest absolute Gasteiger partial charge is 0.401 e. The molecule has 27 heavy (non-hydrogen) atoms. The summed E-state index contributed by atoms with van der Waals surface area (Å²) in [5, 5.41) is 3.09. The maximum absolute atomic E-state index is 13.1. The molecule has 1 aromatic rings. The molecule has 1 amide bonds. The fourth-order valence-electron chi connectivity index (χ4n) is 4.13. The smallest absolute Gasteiger partial charge is 0.381 e. The number of carbonyl (C=O) groups excluding carboxylic acids is 1. The minimum atomic E-state index is -4.15. The predicted molar refractivity (Wildman–Crippen MR) is 96.4 cm³/mol. The van der Waals surface area contributed by atoms with Crippen LogP contribution in [0.15, 0.2) is 30.3 Å². The van der Waals surface area contributed by atoms with Gasteiger partial charge in [0.25, 0.3) is 0 Å². The SMILES string of the molecule is O=C(NCC1CCN(CC(F)(F)F)CC1)C1(c2ccccc2)CCOCC1. The van der Waals surface area contributed by atoms with Gasteiger partial charge in [0.05, 0.1) is 12.0 Å². The monoisotopic (exact) mass is 384 g/mol. The van der Waals surface area contributed by atoms with Crippen LogP contribution in [0, 0.1) is 5.92 Å². The number of nitrogens with one attached hydrogen (secondary N) is 1. The van der Waals surface area contributed by atoms with Gasteiger partial charge in [0, 0.05) is 19.8 Å². The van der Waals surface area contributed by atoms with Crippen molar-refractivity contribution in [3.05, 3.63) is 35.9 Å². The van der Waals surface area contributed by atoms with Crippen LogP contribution in [0.2, 0.25) is 0 Å². The van der Waals surface area contributed by atoms with E-state index < -0.39 is 18.1 Å². The number of likely N-dealkylation sites (tertiary alicyclic amines) is 1. The first-order valence-corrected chi connectivity index (χ1v) is 9.60. The standard InChI is InChI=1S/C20H27F3N2O2/c21-20(22,23)15-25-10-6-16(7-11-25)14-24-18(26)19(8-12-27-13-9-19)17-4-2-1-3-5-17/h1-5,16H,6-15H2,(H,24,26). The lowest BCUT2D eigenvalue weighted by Gasteiger charge is -2.37. The topological polar surface area (TPSA) is 41.6 Å². The molecule has 0 unspecified atom stereocenters. The highest BCUT2D eigenvalue weighted by Gasteiger charge is 2.41. The molecule has 2 fully saturated rings. The fourth-order valence-corrected chi connectivity index (χ4v) is 4.13. The molecule has 2 aliphatic rings. The average Bonchev–Trinajstić information content (AvgIpc) is 2.67. The quantitative estimate of drug-likeness (QED) is 0.848. The summed E-state index contributed by atoms with van der Waals surface area (Å²) in [5.41, 5.74) is 0.432. The van der Waals surface area contributed by atoms with Crippen LogP contribution in [-0.2, 0) is 14.9 Å². The number of rotatable bonds is 5. The summed E-state index contributed by atoms with van der Waals surface area (Å²) in [5.74, 6) is 0.237. The van der Waals surface area contributed by atoms with E-state index in [-0.39, 0.29) is 11.8 Å². The van der Waals surface area contributed by atoms with Gasteiger partial charge in [-0.25, -0.2) is 0 Å². The van der Waals surface area contributed by atoms with Crippen LogP contribution in [0.25, 0.3) is 0 Å². The van der Waals surface area contributed by atoms with E-state index in [0.717, 1.165) is 5.56 Å². The van der Waals surface area contributed by atoms with Crippen LogP contribution in [0.4, 0.5) is 13.2 Å². The number of nitrogens with zero attached hydrogens (tertiary/aromatic N) is 1. The van der Waals surface area contributed by atoms with Gasteiger partial charge in [-0.2, -0.15) is 13.2 Å². The molecule has 2 aliphatic heterocycles. The Morgan fingerprint density at radius 2 is 1.78 bits per heavy atom. The van der Waals surface area contributed by atoms with Gasteiger partial charge in [0.15, 0.2) is 0 Å². The zero-order chi connectivity index (χ0) is 19.3. The Morgan fingerprint density at radius 1 is 1.15 bits per heavy atom. The molecule has 1 aromatic carbocycles. The molecule has 2 saturated heterocycles. The van der Waals surface area contributed by atoms with Crippen LogP contribution < -0.4 is 5.32 Å². The third kappa shape index (κ3) is 5.23. The average molecular weight is 384 g/mol. The Hall–Kier alpha value is -1.60. The van der Waals surface area contributed by atoms with Gasteiger partial charge in [-0.1, -0.05) is 30.3 Å². The Balaban J connectivity index is 1.55. The van der Waals surface area contributed by atoms with Gasteiger partial charge in [0.1, 0.15) is 0 Å². The molecular weight excluding hydrogens is 357 g/mol. The van der Waals surface area contributed by atoms with Gasteiger partial charge in [-0.3, -0.25) is 9.69 Å². The van der Waals surface area contributed by atoms with Crippen molar-refractivity contribution < 1.29 is 22.7 Å². The van der Waals surface area contributed by atoms with Crippen LogP contribution in [-0.4, -0.2) is 56.4 Å². The molecule has 0 spiro atoms.